The molecule has 2 aromatic rings. The summed E-state index contributed by atoms with van der Waals surface area (Å²) in [5.74, 6) is 1.44. The highest BCUT2D eigenvalue weighted by Crippen LogP contribution is 2.32. The molecule has 1 N–H and O–H groups in total. The second-order valence-electron chi connectivity index (χ2n) is 5.07. The van der Waals surface area contributed by atoms with E-state index in [2.05, 4.69) is 27.0 Å². The number of rotatable bonds is 1. The maximum atomic E-state index is 5.51. The van der Waals surface area contributed by atoms with Crippen LogP contribution in [0.25, 0.3) is 11.0 Å². The number of H-pyrrole nitrogens is 1. The fraction of sp³-hybridized carbons (Fsp3) is 0.462. The topological polar surface area (TPSA) is 41.1 Å². The first-order chi connectivity index (χ1) is 8.40. The molecule has 0 amide bonds. The first-order valence-corrected chi connectivity index (χ1v) is 6.16. The van der Waals surface area contributed by atoms with Crippen molar-refractivity contribution in [2.45, 2.75) is 0 Å². The lowest BCUT2D eigenvalue weighted by Gasteiger charge is -2.19. The number of aromatic nitrogens is 2. The average molecular weight is 229 g/mol. The predicted molar refractivity (Wildman–Crippen MR) is 66.1 cm³/mol. The SMILES string of the molecule is c1cc2cc(N3CC4COCC4C3)cnc2[nH]1. The van der Waals surface area contributed by atoms with Gasteiger partial charge in [-0.15, -0.1) is 0 Å². The number of hydrogen-bond donors (Lipinski definition) is 1. The van der Waals surface area contributed by atoms with Gasteiger partial charge in [0.05, 0.1) is 25.1 Å². The summed E-state index contributed by atoms with van der Waals surface area (Å²) in [5.41, 5.74) is 2.21. The second-order valence-corrected chi connectivity index (χ2v) is 5.07. The average Bonchev–Trinajstić information content (AvgIpc) is 3.02. The lowest BCUT2D eigenvalue weighted by atomic mass is 10.0. The fourth-order valence-electron chi connectivity index (χ4n) is 3.00. The van der Waals surface area contributed by atoms with E-state index in [0.717, 1.165) is 43.8 Å². The van der Waals surface area contributed by atoms with E-state index in [1.165, 1.54) is 11.1 Å². The van der Waals surface area contributed by atoms with E-state index in [1.54, 1.807) is 0 Å². The van der Waals surface area contributed by atoms with E-state index in [4.69, 9.17) is 4.74 Å². The maximum Gasteiger partial charge on any atom is 0.137 e. The smallest absolute Gasteiger partial charge is 0.137 e. The van der Waals surface area contributed by atoms with Crippen LogP contribution in [0.3, 0.4) is 0 Å². The van der Waals surface area contributed by atoms with Crippen molar-refractivity contribution in [3.05, 3.63) is 24.5 Å². The molecule has 0 spiro atoms. The molecule has 17 heavy (non-hydrogen) atoms. The molecule has 88 valence electrons. The van der Waals surface area contributed by atoms with Gasteiger partial charge in [-0.2, -0.15) is 0 Å². The standard InChI is InChI=1S/C13H15N3O/c1-2-14-13-9(1)3-12(4-15-13)16-5-10-7-17-8-11(10)6-16/h1-4,10-11H,5-8H2,(H,14,15). The molecule has 2 aliphatic heterocycles. The second kappa shape index (κ2) is 3.47. The summed E-state index contributed by atoms with van der Waals surface area (Å²) in [7, 11) is 0. The number of nitrogens with zero attached hydrogens (tertiary/aromatic N) is 2. The summed E-state index contributed by atoms with van der Waals surface area (Å²) in [5, 5.41) is 1.19. The Kier molecular flexibility index (Phi) is 1.93. The van der Waals surface area contributed by atoms with Crippen LogP contribution in [0.15, 0.2) is 24.5 Å². The number of anilines is 1. The van der Waals surface area contributed by atoms with Crippen molar-refractivity contribution in [3.63, 3.8) is 0 Å². The van der Waals surface area contributed by atoms with Crippen molar-refractivity contribution in [2.75, 3.05) is 31.2 Å². The van der Waals surface area contributed by atoms with Gasteiger partial charge < -0.3 is 14.6 Å². The van der Waals surface area contributed by atoms with Gasteiger partial charge in [-0.25, -0.2) is 4.98 Å². The Morgan fingerprint density at radius 2 is 2.12 bits per heavy atom. The van der Waals surface area contributed by atoms with E-state index < -0.39 is 0 Å². The number of fused-ring (bicyclic) bond motifs is 2. The molecule has 4 heteroatoms. The molecular weight excluding hydrogens is 214 g/mol. The zero-order valence-corrected chi connectivity index (χ0v) is 9.60. The molecule has 4 heterocycles. The normalized spacial score (nSPS) is 27.9. The van der Waals surface area contributed by atoms with Gasteiger partial charge in [-0.1, -0.05) is 0 Å². The summed E-state index contributed by atoms with van der Waals surface area (Å²) >= 11 is 0. The highest BCUT2D eigenvalue weighted by atomic mass is 16.5. The molecule has 2 saturated heterocycles. The van der Waals surface area contributed by atoms with Gasteiger partial charge >= 0.3 is 0 Å². The van der Waals surface area contributed by atoms with Gasteiger partial charge in [-0.3, -0.25) is 0 Å². The number of pyridine rings is 1. The third-order valence-corrected chi connectivity index (χ3v) is 3.99. The van der Waals surface area contributed by atoms with Gasteiger partial charge in [-0.05, 0) is 12.1 Å². The quantitative estimate of drug-likeness (QED) is 0.808. The Morgan fingerprint density at radius 1 is 1.29 bits per heavy atom. The molecule has 2 fully saturated rings. The Bertz CT molecular complexity index is 538. The zero-order valence-electron chi connectivity index (χ0n) is 9.60. The van der Waals surface area contributed by atoms with Crippen LogP contribution in [-0.2, 0) is 4.74 Å². The summed E-state index contributed by atoms with van der Waals surface area (Å²) in [6.07, 6.45) is 3.91. The molecule has 0 aliphatic carbocycles. The lowest BCUT2D eigenvalue weighted by molar-refractivity contribution is 0.177. The van der Waals surface area contributed by atoms with Crippen molar-refractivity contribution in [1.82, 2.24) is 9.97 Å². The summed E-state index contributed by atoms with van der Waals surface area (Å²) in [6, 6.07) is 4.30. The predicted octanol–water partition coefficient (Wildman–Crippen LogP) is 1.65. The number of ether oxygens (including phenoxy) is 1. The van der Waals surface area contributed by atoms with Gasteiger partial charge in [0.15, 0.2) is 0 Å². The third kappa shape index (κ3) is 1.44. The molecule has 2 unspecified atom stereocenters. The van der Waals surface area contributed by atoms with Crippen LogP contribution in [0.4, 0.5) is 5.69 Å². The van der Waals surface area contributed by atoms with E-state index >= 15 is 0 Å². The summed E-state index contributed by atoms with van der Waals surface area (Å²) in [6.45, 7) is 4.09. The van der Waals surface area contributed by atoms with E-state index in [9.17, 15) is 0 Å². The van der Waals surface area contributed by atoms with Crippen LogP contribution >= 0.6 is 0 Å². The molecule has 2 aliphatic rings. The third-order valence-electron chi connectivity index (χ3n) is 3.99. The molecule has 4 rings (SSSR count). The lowest BCUT2D eigenvalue weighted by Crippen LogP contribution is -2.22. The summed E-state index contributed by atoms with van der Waals surface area (Å²) in [4.78, 5) is 10.0. The van der Waals surface area contributed by atoms with Crippen molar-refractivity contribution >= 4 is 16.7 Å². The van der Waals surface area contributed by atoms with Crippen LogP contribution in [-0.4, -0.2) is 36.3 Å². The molecule has 0 bridgehead atoms. The van der Waals surface area contributed by atoms with Crippen molar-refractivity contribution in [1.29, 1.82) is 0 Å². The molecular formula is C13H15N3O. The molecule has 2 atom stereocenters. The zero-order chi connectivity index (χ0) is 11.2. The maximum absolute atomic E-state index is 5.51. The monoisotopic (exact) mass is 229 g/mol. The van der Waals surface area contributed by atoms with Gasteiger partial charge in [0, 0.05) is 36.5 Å². The fourth-order valence-corrected chi connectivity index (χ4v) is 3.00. The largest absolute Gasteiger partial charge is 0.381 e. The highest BCUT2D eigenvalue weighted by Gasteiger charge is 2.37. The first kappa shape index (κ1) is 9.48. The number of aromatic amines is 1. The minimum Gasteiger partial charge on any atom is -0.381 e. The number of nitrogens with one attached hydrogen (secondary N) is 1. The van der Waals surface area contributed by atoms with Crippen LogP contribution in [0.2, 0.25) is 0 Å². The molecule has 0 radical (unpaired) electrons. The van der Waals surface area contributed by atoms with E-state index in [1.807, 2.05) is 12.4 Å². The Hall–Kier alpha value is -1.55. The van der Waals surface area contributed by atoms with Crippen molar-refractivity contribution in [3.8, 4) is 0 Å². The van der Waals surface area contributed by atoms with E-state index in [-0.39, 0.29) is 0 Å². The molecule has 2 aromatic heterocycles. The van der Waals surface area contributed by atoms with Crippen LogP contribution in [0.1, 0.15) is 0 Å². The van der Waals surface area contributed by atoms with Crippen LogP contribution < -0.4 is 4.90 Å². The summed E-state index contributed by atoms with van der Waals surface area (Å²) < 4.78 is 5.51. The molecule has 4 nitrogen and oxygen atoms in total. The van der Waals surface area contributed by atoms with Crippen molar-refractivity contribution < 1.29 is 4.74 Å². The molecule has 0 saturated carbocycles. The van der Waals surface area contributed by atoms with Crippen LogP contribution in [0.5, 0.6) is 0 Å². The first-order valence-electron chi connectivity index (χ1n) is 6.16. The minimum atomic E-state index is 0.719. The minimum absolute atomic E-state index is 0.719. The Morgan fingerprint density at radius 3 is 2.94 bits per heavy atom. The Balaban J connectivity index is 1.66. The van der Waals surface area contributed by atoms with E-state index in [0.29, 0.717) is 0 Å². The van der Waals surface area contributed by atoms with Gasteiger partial charge in [0.25, 0.3) is 0 Å². The Labute approximate surface area is 99.6 Å². The van der Waals surface area contributed by atoms with Gasteiger partial charge in [0.1, 0.15) is 5.65 Å². The molecule has 0 aromatic carbocycles. The van der Waals surface area contributed by atoms with Gasteiger partial charge in [0.2, 0.25) is 0 Å². The number of hydrogen-bond acceptors (Lipinski definition) is 3. The van der Waals surface area contributed by atoms with Crippen molar-refractivity contribution in [2.24, 2.45) is 11.8 Å². The van der Waals surface area contributed by atoms with Crippen LogP contribution in [0, 0.1) is 11.8 Å². The highest BCUT2D eigenvalue weighted by molar-refractivity contribution is 5.79.